The molecule has 0 saturated carbocycles. The molecule has 0 radical (unpaired) electrons. The van der Waals surface area contributed by atoms with Gasteiger partial charge >= 0.3 is 0 Å². The van der Waals surface area contributed by atoms with Gasteiger partial charge in [-0.1, -0.05) is 0 Å². The van der Waals surface area contributed by atoms with Crippen LogP contribution in [0.2, 0.25) is 0 Å². The van der Waals surface area contributed by atoms with E-state index in [0.29, 0.717) is 10.6 Å². The molecule has 60 valence electrons. The molecule has 0 N–H and O–H groups in total. The number of carbonyl (C=O) groups is 1. The largest absolute Gasteiger partial charge is 0.495 e. The van der Waals surface area contributed by atoms with Crippen molar-refractivity contribution < 1.29 is 9.53 Å². The molecule has 0 aliphatic heterocycles. The van der Waals surface area contributed by atoms with Crippen LogP contribution in [0.5, 0.6) is 5.75 Å². The Morgan fingerprint density at radius 3 is 2.73 bits per heavy atom. The van der Waals surface area contributed by atoms with Crippen LogP contribution in [0.4, 0.5) is 0 Å². The highest BCUT2D eigenvalue weighted by Gasteiger charge is 2.11. The second-order valence-corrected chi connectivity index (χ2v) is 4.95. The van der Waals surface area contributed by atoms with Crippen LogP contribution in [0, 0.1) is 2.88 Å². The summed E-state index contributed by atoms with van der Waals surface area (Å²) in [6.07, 6.45) is 0. The van der Waals surface area contributed by atoms with Crippen molar-refractivity contribution in [2.45, 2.75) is 6.92 Å². The standard InChI is InChI=1S/C7H7IO2S/c1-4(9)7-5(10-2)3-6(8)11-7/h3H,1-2H3. The zero-order valence-electron chi connectivity index (χ0n) is 6.18. The predicted octanol–water partition coefficient (Wildman–Crippen LogP) is 2.56. The van der Waals surface area contributed by atoms with Crippen LogP contribution >= 0.6 is 33.9 Å². The second kappa shape index (κ2) is 3.53. The summed E-state index contributed by atoms with van der Waals surface area (Å²) in [5.74, 6) is 0.752. The molecule has 0 unspecified atom stereocenters. The molecule has 1 heterocycles. The average molecular weight is 282 g/mol. The molecule has 0 aliphatic carbocycles. The summed E-state index contributed by atoms with van der Waals surface area (Å²) >= 11 is 3.63. The third-order valence-electron chi connectivity index (χ3n) is 1.21. The van der Waals surface area contributed by atoms with E-state index < -0.39 is 0 Å². The molecule has 0 atom stereocenters. The summed E-state index contributed by atoms with van der Waals surface area (Å²) < 4.78 is 6.09. The average Bonchev–Trinajstić information content (AvgIpc) is 2.30. The minimum absolute atomic E-state index is 0.0646. The number of thiophene rings is 1. The number of ketones is 1. The van der Waals surface area contributed by atoms with Gasteiger partial charge in [0.15, 0.2) is 5.78 Å². The molecular formula is C7H7IO2S. The van der Waals surface area contributed by atoms with Gasteiger partial charge in [-0.2, -0.15) is 0 Å². The van der Waals surface area contributed by atoms with Gasteiger partial charge in [-0.05, 0) is 22.6 Å². The molecule has 2 nitrogen and oxygen atoms in total. The molecule has 0 bridgehead atoms. The van der Waals surface area contributed by atoms with Crippen LogP contribution in [0.15, 0.2) is 6.07 Å². The Morgan fingerprint density at radius 1 is 1.73 bits per heavy atom. The number of carbonyl (C=O) groups excluding carboxylic acids is 1. The number of rotatable bonds is 2. The predicted molar refractivity (Wildman–Crippen MR) is 53.6 cm³/mol. The summed E-state index contributed by atoms with van der Waals surface area (Å²) in [5, 5.41) is 0. The summed E-state index contributed by atoms with van der Waals surface area (Å²) in [6.45, 7) is 1.55. The summed E-state index contributed by atoms with van der Waals surface area (Å²) in [4.78, 5) is 11.7. The molecule has 0 amide bonds. The van der Waals surface area contributed by atoms with E-state index in [4.69, 9.17) is 4.74 Å². The van der Waals surface area contributed by atoms with Gasteiger partial charge in [0, 0.05) is 13.0 Å². The smallest absolute Gasteiger partial charge is 0.173 e. The molecule has 11 heavy (non-hydrogen) atoms. The molecule has 1 aromatic rings. The van der Waals surface area contributed by atoms with Crippen molar-refractivity contribution in [3.8, 4) is 5.75 Å². The molecule has 0 saturated heterocycles. The lowest BCUT2D eigenvalue weighted by molar-refractivity contribution is 0.101. The minimum Gasteiger partial charge on any atom is -0.495 e. The molecular weight excluding hydrogens is 275 g/mol. The van der Waals surface area contributed by atoms with E-state index in [9.17, 15) is 4.79 Å². The van der Waals surface area contributed by atoms with Crippen LogP contribution in [-0.4, -0.2) is 12.9 Å². The van der Waals surface area contributed by atoms with Gasteiger partial charge in [0.1, 0.15) is 10.6 Å². The van der Waals surface area contributed by atoms with Gasteiger partial charge in [0.25, 0.3) is 0 Å². The van der Waals surface area contributed by atoms with E-state index in [1.54, 1.807) is 14.0 Å². The van der Waals surface area contributed by atoms with E-state index in [-0.39, 0.29) is 5.78 Å². The lowest BCUT2D eigenvalue weighted by atomic mass is 10.3. The first-order chi connectivity index (χ1) is 5.15. The molecule has 1 aromatic heterocycles. The van der Waals surface area contributed by atoms with Crippen molar-refractivity contribution in [1.82, 2.24) is 0 Å². The number of methoxy groups -OCH3 is 1. The summed E-state index contributed by atoms with van der Waals surface area (Å²) in [7, 11) is 1.57. The third kappa shape index (κ3) is 1.93. The first-order valence-electron chi connectivity index (χ1n) is 2.99. The fourth-order valence-corrected chi connectivity index (χ4v) is 2.43. The maximum Gasteiger partial charge on any atom is 0.173 e. The monoisotopic (exact) mass is 282 g/mol. The third-order valence-corrected chi connectivity index (χ3v) is 3.19. The molecule has 0 aromatic carbocycles. The first-order valence-corrected chi connectivity index (χ1v) is 4.89. The van der Waals surface area contributed by atoms with E-state index in [1.807, 2.05) is 6.07 Å². The van der Waals surface area contributed by atoms with Crippen LogP contribution in [-0.2, 0) is 0 Å². The highest BCUT2D eigenvalue weighted by atomic mass is 127. The number of hydrogen-bond donors (Lipinski definition) is 0. The fourth-order valence-electron chi connectivity index (χ4n) is 0.743. The number of Topliss-reactive ketones (excluding diaryl/α,β-unsaturated/α-hetero) is 1. The quantitative estimate of drug-likeness (QED) is 0.615. The highest BCUT2D eigenvalue weighted by molar-refractivity contribution is 14.1. The second-order valence-electron chi connectivity index (χ2n) is 2.00. The van der Waals surface area contributed by atoms with E-state index in [2.05, 4.69) is 22.6 Å². The Kier molecular flexibility index (Phi) is 2.89. The van der Waals surface area contributed by atoms with Gasteiger partial charge in [0.05, 0.1) is 9.99 Å². The van der Waals surface area contributed by atoms with Crippen molar-refractivity contribution in [3.63, 3.8) is 0 Å². The highest BCUT2D eigenvalue weighted by Crippen LogP contribution is 2.30. The lowest BCUT2D eigenvalue weighted by Gasteiger charge is -1.95. The molecule has 0 aliphatic rings. The van der Waals surface area contributed by atoms with Crippen LogP contribution in [0.1, 0.15) is 16.6 Å². The van der Waals surface area contributed by atoms with E-state index in [0.717, 1.165) is 2.88 Å². The molecule has 0 fully saturated rings. The Hall–Kier alpha value is -0.100. The molecule has 4 heteroatoms. The van der Waals surface area contributed by atoms with E-state index >= 15 is 0 Å². The maximum atomic E-state index is 11.0. The minimum atomic E-state index is 0.0646. The number of ether oxygens (including phenoxy) is 1. The summed E-state index contributed by atoms with van der Waals surface area (Å²) in [6, 6.07) is 1.86. The van der Waals surface area contributed by atoms with Crippen molar-refractivity contribution in [1.29, 1.82) is 0 Å². The van der Waals surface area contributed by atoms with Gasteiger partial charge in [-0.25, -0.2) is 0 Å². The number of halogens is 1. The summed E-state index contributed by atoms with van der Waals surface area (Å²) in [5.41, 5.74) is 0. The van der Waals surface area contributed by atoms with Gasteiger partial charge in [0.2, 0.25) is 0 Å². The zero-order chi connectivity index (χ0) is 8.43. The lowest BCUT2D eigenvalue weighted by Crippen LogP contribution is -1.90. The zero-order valence-corrected chi connectivity index (χ0v) is 9.15. The molecule has 0 spiro atoms. The fraction of sp³-hybridized carbons (Fsp3) is 0.286. The maximum absolute atomic E-state index is 11.0. The number of hydrogen-bond acceptors (Lipinski definition) is 3. The van der Waals surface area contributed by atoms with Crippen molar-refractivity contribution >= 4 is 39.7 Å². The molecule has 1 rings (SSSR count). The first kappa shape index (κ1) is 8.99. The van der Waals surface area contributed by atoms with Crippen molar-refractivity contribution in [3.05, 3.63) is 13.8 Å². The SMILES string of the molecule is COc1cc(I)sc1C(C)=O. The van der Waals surface area contributed by atoms with E-state index in [1.165, 1.54) is 11.3 Å². The Balaban J connectivity index is 3.12. The Morgan fingerprint density at radius 2 is 2.36 bits per heavy atom. The normalized spacial score (nSPS) is 9.73. The van der Waals surface area contributed by atoms with Crippen LogP contribution < -0.4 is 4.74 Å². The van der Waals surface area contributed by atoms with Gasteiger partial charge in [-0.15, -0.1) is 11.3 Å². The Labute approximate surface area is 82.7 Å². The Bertz CT molecular complexity index is 280. The van der Waals surface area contributed by atoms with Gasteiger partial charge < -0.3 is 4.74 Å². The topological polar surface area (TPSA) is 26.3 Å². The van der Waals surface area contributed by atoms with Crippen LogP contribution in [0.3, 0.4) is 0 Å². The van der Waals surface area contributed by atoms with Crippen molar-refractivity contribution in [2.24, 2.45) is 0 Å². The van der Waals surface area contributed by atoms with Gasteiger partial charge in [-0.3, -0.25) is 4.79 Å². The van der Waals surface area contributed by atoms with Crippen molar-refractivity contribution in [2.75, 3.05) is 7.11 Å². The van der Waals surface area contributed by atoms with Crippen LogP contribution in [0.25, 0.3) is 0 Å².